The van der Waals surface area contributed by atoms with Crippen LogP contribution in [-0.2, 0) is 0 Å². The van der Waals surface area contributed by atoms with Gasteiger partial charge in [0.2, 0.25) is 0 Å². The van der Waals surface area contributed by atoms with Gasteiger partial charge in [-0.3, -0.25) is 0 Å². The highest BCUT2D eigenvalue weighted by molar-refractivity contribution is 6.05. The third-order valence-corrected chi connectivity index (χ3v) is 3.06. The van der Waals surface area contributed by atoms with E-state index in [4.69, 9.17) is 0 Å². The van der Waals surface area contributed by atoms with Crippen molar-refractivity contribution in [2.24, 2.45) is 9.98 Å². The zero-order chi connectivity index (χ0) is 12.1. The molecule has 0 atom stereocenters. The number of hydrogen-bond donors (Lipinski definition) is 0. The molecule has 0 aliphatic carbocycles. The van der Waals surface area contributed by atoms with Crippen LogP contribution in [0.15, 0.2) is 46.5 Å². The highest BCUT2D eigenvalue weighted by Gasteiger charge is 2.10. The maximum atomic E-state index is 11.2. The Hall–Kier alpha value is -2.69. The SMILES string of the molecule is O=C1N=c2ccc3c(ccc4ccnnc43)c2=N1. The van der Waals surface area contributed by atoms with Gasteiger partial charge < -0.3 is 0 Å². The Kier molecular flexibility index (Phi) is 1.64. The molecular formula is C13H6N4O. The van der Waals surface area contributed by atoms with Crippen LogP contribution in [0.25, 0.3) is 21.7 Å². The average molecular weight is 234 g/mol. The summed E-state index contributed by atoms with van der Waals surface area (Å²) in [5.41, 5.74) is 0.812. The number of rotatable bonds is 0. The minimum atomic E-state index is -0.447. The highest BCUT2D eigenvalue weighted by atomic mass is 16.2. The fraction of sp³-hybridized carbons (Fsp3) is 0. The number of amides is 2. The summed E-state index contributed by atoms with van der Waals surface area (Å²) in [5, 5.41) is 12.1. The Morgan fingerprint density at radius 1 is 0.889 bits per heavy atom. The van der Waals surface area contributed by atoms with Gasteiger partial charge in [0.05, 0.1) is 11.6 Å². The van der Waals surface area contributed by atoms with Crippen LogP contribution in [0.4, 0.5) is 4.79 Å². The fourth-order valence-electron chi connectivity index (χ4n) is 2.26. The van der Waals surface area contributed by atoms with Crippen LogP contribution in [0, 0.1) is 0 Å². The Bertz CT molecular complexity index is 946. The topological polar surface area (TPSA) is 67.6 Å². The molecule has 0 N–H and O–H groups in total. The summed E-state index contributed by atoms with van der Waals surface area (Å²) in [6.45, 7) is 0. The van der Waals surface area contributed by atoms with Gasteiger partial charge in [0.1, 0.15) is 10.9 Å². The van der Waals surface area contributed by atoms with Crippen molar-refractivity contribution >= 4 is 27.7 Å². The lowest BCUT2D eigenvalue weighted by molar-refractivity contribution is 0.257. The van der Waals surface area contributed by atoms with Crippen LogP contribution >= 0.6 is 0 Å². The Labute approximate surface area is 101 Å². The van der Waals surface area contributed by atoms with Gasteiger partial charge in [-0.1, -0.05) is 12.1 Å². The first-order chi connectivity index (χ1) is 8.83. The van der Waals surface area contributed by atoms with E-state index >= 15 is 0 Å². The van der Waals surface area contributed by atoms with Crippen LogP contribution < -0.4 is 10.7 Å². The molecule has 1 aliphatic heterocycles. The lowest BCUT2D eigenvalue weighted by Gasteiger charge is -2.00. The predicted octanol–water partition coefficient (Wildman–Crippen LogP) is 1.16. The summed E-state index contributed by atoms with van der Waals surface area (Å²) in [6.07, 6.45) is 1.66. The summed E-state index contributed by atoms with van der Waals surface area (Å²) in [4.78, 5) is 19.0. The maximum Gasteiger partial charge on any atom is 0.368 e. The van der Waals surface area contributed by atoms with Crippen LogP contribution in [0.1, 0.15) is 0 Å². The van der Waals surface area contributed by atoms with E-state index in [0.29, 0.717) is 10.7 Å². The van der Waals surface area contributed by atoms with Gasteiger partial charge in [-0.05, 0) is 18.2 Å². The van der Waals surface area contributed by atoms with Crippen LogP contribution in [-0.4, -0.2) is 16.2 Å². The lowest BCUT2D eigenvalue weighted by atomic mass is 10.1. The molecule has 0 spiro atoms. The molecule has 5 nitrogen and oxygen atoms in total. The molecule has 0 radical (unpaired) electrons. The number of nitrogens with zero attached hydrogens (tertiary/aromatic N) is 4. The van der Waals surface area contributed by atoms with Gasteiger partial charge in [0.15, 0.2) is 0 Å². The van der Waals surface area contributed by atoms with E-state index in [1.165, 1.54) is 0 Å². The molecule has 1 aromatic heterocycles. The van der Waals surface area contributed by atoms with E-state index in [1.54, 1.807) is 12.3 Å². The molecule has 2 amide bonds. The summed E-state index contributed by atoms with van der Waals surface area (Å²) in [5.74, 6) is 0. The first-order valence-corrected chi connectivity index (χ1v) is 5.47. The third kappa shape index (κ3) is 1.13. The second-order valence-electron chi connectivity index (χ2n) is 4.07. The first-order valence-electron chi connectivity index (χ1n) is 5.47. The second-order valence-corrected chi connectivity index (χ2v) is 4.07. The van der Waals surface area contributed by atoms with Gasteiger partial charge in [-0.15, -0.1) is 5.10 Å². The third-order valence-electron chi connectivity index (χ3n) is 3.06. The molecule has 3 aromatic rings. The predicted molar refractivity (Wildman–Crippen MR) is 64.8 cm³/mol. The van der Waals surface area contributed by atoms with Crippen molar-refractivity contribution in [3.63, 3.8) is 0 Å². The largest absolute Gasteiger partial charge is 0.368 e. The molecule has 84 valence electrons. The van der Waals surface area contributed by atoms with Crippen molar-refractivity contribution in [1.82, 2.24) is 10.2 Å². The number of urea groups is 1. The Balaban J connectivity index is 2.33. The second kappa shape index (κ2) is 3.16. The number of carbonyl (C=O) groups excluding carboxylic acids is 1. The first kappa shape index (κ1) is 9.35. The molecule has 5 heteroatoms. The van der Waals surface area contributed by atoms with Crippen LogP contribution in [0.3, 0.4) is 0 Å². The van der Waals surface area contributed by atoms with Crippen molar-refractivity contribution in [1.29, 1.82) is 0 Å². The average Bonchev–Trinajstić information content (AvgIpc) is 2.79. The maximum absolute atomic E-state index is 11.2. The highest BCUT2D eigenvalue weighted by Crippen LogP contribution is 2.19. The van der Waals surface area contributed by atoms with Crippen molar-refractivity contribution in [2.45, 2.75) is 0 Å². The summed E-state index contributed by atoms with van der Waals surface area (Å²) >= 11 is 0. The molecule has 1 aliphatic rings. The quantitative estimate of drug-likeness (QED) is 0.548. The van der Waals surface area contributed by atoms with Crippen molar-refractivity contribution in [3.8, 4) is 0 Å². The molecule has 0 bridgehead atoms. The van der Waals surface area contributed by atoms with Crippen molar-refractivity contribution < 1.29 is 4.79 Å². The van der Waals surface area contributed by atoms with Crippen LogP contribution in [0.5, 0.6) is 0 Å². The molecule has 2 heterocycles. The van der Waals surface area contributed by atoms with E-state index in [-0.39, 0.29) is 0 Å². The zero-order valence-corrected chi connectivity index (χ0v) is 9.16. The number of aromatic nitrogens is 2. The number of hydrogen-bond acceptors (Lipinski definition) is 3. The summed E-state index contributed by atoms with van der Waals surface area (Å²) < 4.78 is 0. The Morgan fingerprint density at radius 3 is 2.72 bits per heavy atom. The molecule has 0 unspecified atom stereocenters. The van der Waals surface area contributed by atoms with Gasteiger partial charge in [-0.25, -0.2) is 4.79 Å². The van der Waals surface area contributed by atoms with E-state index in [9.17, 15) is 4.79 Å². The Morgan fingerprint density at radius 2 is 1.78 bits per heavy atom. The van der Waals surface area contributed by atoms with E-state index in [0.717, 1.165) is 21.7 Å². The van der Waals surface area contributed by atoms with E-state index < -0.39 is 6.03 Å². The van der Waals surface area contributed by atoms with Gasteiger partial charge in [0.25, 0.3) is 0 Å². The monoisotopic (exact) mass is 234 g/mol. The molecule has 2 aromatic carbocycles. The lowest BCUT2D eigenvalue weighted by Crippen LogP contribution is -2.22. The minimum Gasteiger partial charge on any atom is -0.244 e. The summed E-state index contributed by atoms with van der Waals surface area (Å²) in [6, 6.07) is 9.04. The molecule has 0 saturated carbocycles. The van der Waals surface area contributed by atoms with Crippen molar-refractivity contribution in [2.75, 3.05) is 0 Å². The van der Waals surface area contributed by atoms with Gasteiger partial charge in [-0.2, -0.15) is 15.1 Å². The number of carbonyl (C=O) groups is 1. The van der Waals surface area contributed by atoms with Crippen molar-refractivity contribution in [3.05, 3.63) is 47.2 Å². The van der Waals surface area contributed by atoms with E-state index in [2.05, 4.69) is 20.2 Å². The molecule has 0 saturated heterocycles. The number of benzene rings is 2. The molecule has 0 fully saturated rings. The minimum absolute atomic E-state index is 0.447. The molecular weight excluding hydrogens is 228 g/mol. The fourth-order valence-corrected chi connectivity index (χ4v) is 2.26. The number of fused-ring (bicyclic) bond motifs is 5. The normalized spacial score (nSPS) is 13.4. The van der Waals surface area contributed by atoms with Crippen LogP contribution in [0.2, 0.25) is 0 Å². The molecule has 18 heavy (non-hydrogen) atoms. The zero-order valence-electron chi connectivity index (χ0n) is 9.16. The standard InChI is InChI=1S/C13H6N4O/c18-13-15-10-4-3-8-9(12(10)16-13)2-1-7-5-6-14-17-11(7)8/h1-6H. The van der Waals surface area contributed by atoms with Gasteiger partial charge >= 0.3 is 6.03 Å². The molecule has 4 rings (SSSR count). The van der Waals surface area contributed by atoms with Gasteiger partial charge in [0, 0.05) is 16.2 Å². The smallest absolute Gasteiger partial charge is 0.244 e. The summed E-state index contributed by atoms with van der Waals surface area (Å²) in [7, 11) is 0. The van der Waals surface area contributed by atoms with E-state index in [1.807, 2.05) is 24.3 Å².